The number of aromatic nitrogens is 2. The van der Waals surface area contributed by atoms with Crippen molar-refractivity contribution in [3.63, 3.8) is 0 Å². The van der Waals surface area contributed by atoms with Gasteiger partial charge in [0.2, 0.25) is 0 Å². The number of hydrogen-bond acceptors (Lipinski definition) is 3. The molecule has 1 aromatic heterocycles. The standard InChI is InChI=1S/C11H17IN2OS/c1-4-8-10(12)11(15)14-9(13-8)6-16-5-7(2)3/h7H,4-6H2,1-3H3,(H,13,14,15). The van der Waals surface area contributed by atoms with Crippen molar-refractivity contribution in [3.05, 3.63) is 25.4 Å². The monoisotopic (exact) mass is 352 g/mol. The van der Waals surface area contributed by atoms with Crippen LogP contribution in [0, 0.1) is 9.49 Å². The number of rotatable bonds is 5. The Hall–Kier alpha value is -0.0400. The van der Waals surface area contributed by atoms with Gasteiger partial charge in [-0.15, -0.1) is 0 Å². The SMILES string of the molecule is CCc1nc(CSCC(C)C)[nH]c(=O)c1I. The minimum Gasteiger partial charge on any atom is -0.309 e. The molecule has 3 nitrogen and oxygen atoms in total. The summed E-state index contributed by atoms with van der Waals surface area (Å²) in [5, 5.41) is 0. The first-order chi connectivity index (χ1) is 7.54. The van der Waals surface area contributed by atoms with Gasteiger partial charge in [0.05, 0.1) is 15.0 Å². The molecule has 0 aliphatic heterocycles. The highest BCUT2D eigenvalue weighted by Gasteiger charge is 2.07. The molecule has 0 aromatic carbocycles. The van der Waals surface area contributed by atoms with Crippen LogP contribution in [0.2, 0.25) is 0 Å². The predicted molar refractivity (Wildman–Crippen MR) is 78.0 cm³/mol. The summed E-state index contributed by atoms with van der Waals surface area (Å²) in [4.78, 5) is 18.9. The lowest BCUT2D eigenvalue weighted by Gasteiger charge is -2.06. The van der Waals surface area contributed by atoms with Crippen LogP contribution in [0.1, 0.15) is 32.3 Å². The van der Waals surface area contributed by atoms with Crippen LogP contribution in [0.3, 0.4) is 0 Å². The first-order valence-corrected chi connectivity index (χ1v) is 7.63. The molecule has 1 N–H and O–H groups in total. The van der Waals surface area contributed by atoms with E-state index in [1.165, 1.54) is 0 Å². The average Bonchev–Trinajstić information content (AvgIpc) is 2.22. The van der Waals surface area contributed by atoms with Gasteiger partial charge in [0.25, 0.3) is 5.56 Å². The van der Waals surface area contributed by atoms with E-state index in [0.717, 1.165) is 33.0 Å². The zero-order chi connectivity index (χ0) is 12.1. The van der Waals surface area contributed by atoms with Gasteiger partial charge in [-0.2, -0.15) is 11.8 Å². The van der Waals surface area contributed by atoms with Gasteiger partial charge in [0.15, 0.2) is 0 Å². The van der Waals surface area contributed by atoms with Crippen molar-refractivity contribution < 1.29 is 0 Å². The molecule has 0 atom stereocenters. The maximum Gasteiger partial charge on any atom is 0.264 e. The maximum absolute atomic E-state index is 11.6. The lowest BCUT2D eigenvalue weighted by Crippen LogP contribution is -2.17. The van der Waals surface area contributed by atoms with E-state index in [0.29, 0.717) is 5.92 Å². The predicted octanol–water partition coefficient (Wildman–Crippen LogP) is 2.83. The van der Waals surface area contributed by atoms with Gasteiger partial charge in [-0.25, -0.2) is 4.98 Å². The molecule has 0 amide bonds. The van der Waals surface area contributed by atoms with E-state index >= 15 is 0 Å². The normalized spacial score (nSPS) is 11.1. The van der Waals surface area contributed by atoms with Gasteiger partial charge in [-0.1, -0.05) is 20.8 Å². The van der Waals surface area contributed by atoms with E-state index in [4.69, 9.17) is 0 Å². The molecule has 1 rings (SSSR count). The van der Waals surface area contributed by atoms with E-state index in [1.807, 2.05) is 18.7 Å². The van der Waals surface area contributed by atoms with E-state index < -0.39 is 0 Å². The fourth-order valence-corrected chi connectivity index (χ4v) is 2.81. The van der Waals surface area contributed by atoms with Crippen LogP contribution in [0.15, 0.2) is 4.79 Å². The Kier molecular flexibility index (Phi) is 5.82. The number of nitrogens with zero attached hydrogens (tertiary/aromatic N) is 1. The van der Waals surface area contributed by atoms with E-state index in [2.05, 4.69) is 46.4 Å². The van der Waals surface area contributed by atoms with Gasteiger partial charge in [0, 0.05) is 0 Å². The van der Waals surface area contributed by atoms with Gasteiger partial charge >= 0.3 is 0 Å². The quantitative estimate of drug-likeness (QED) is 0.829. The number of H-pyrrole nitrogens is 1. The van der Waals surface area contributed by atoms with Crippen LogP contribution in [0.4, 0.5) is 0 Å². The molecule has 1 heterocycles. The summed E-state index contributed by atoms with van der Waals surface area (Å²) in [7, 11) is 0. The van der Waals surface area contributed by atoms with Crippen LogP contribution in [0.25, 0.3) is 0 Å². The van der Waals surface area contributed by atoms with Crippen LogP contribution >= 0.6 is 34.4 Å². The molecule has 90 valence electrons. The van der Waals surface area contributed by atoms with Gasteiger partial charge < -0.3 is 4.98 Å². The number of hydrogen-bond donors (Lipinski definition) is 1. The maximum atomic E-state index is 11.6. The second-order valence-electron chi connectivity index (χ2n) is 4.04. The Morgan fingerprint density at radius 3 is 2.75 bits per heavy atom. The third-order valence-corrected chi connectivity index (χ3v) is 4.50. The highest BCUT2D eigenvalue weighted by Crippen LogP contribution is 2.13. The van der Waals surface area contributed by atoms with Crippen LogP contribution in [-0.4, -0.2) is 15.7 Å². The van der Waals surface area contributed by atoms with Crippen molar-refractivity contribution in [2.75, 3.05) is 5.75 Å². The third kappa shape index (κ3) is 4.08. The third-order valence-electron chi connectivity index (χ3n) is 2.01. The first kappa shape index (κ1) is 14.0. The Balaban J connectivity index is 2.74. The zero-order valence-corrected chi connectivity index (χ0v) is 12.8. The summed E-state index contributed by atoms with van der Waals surface area (Å²) in [6.45, 7) is 6.40. The Bertz CT molecular complexity index is 403. The lowest BCUT2D eigenvalue weighted by molar-refractivity contribution is 0.749. The second-order valence-corrected chi connectivity index (χ2v) is 6.14. The molecule has 0 aliphatic rings. The summed E-state index contributed by atoms with van der Waals surface area (Å²) >= 11 is 3.87. The largest absolute Gasteiger partial charge is 0.309 e. The molecular weight excluding hydrogens is 335 g/mol. The van der Waals surface area contributed by atoms with Crippen LogP contribution in [-0.2, 0) is 12.2 Å². The molecule has 5 heteroatoms. The van der Waals surface area contributed by atoms with Crippen molar-refractivity contribution in [1.82, 2.24) is 9.97 Å². The summed E-state index contributed by atoms with van der Waals surface area (Å²) in [5.41, 5.74) is 0.900. The molecular formula is C11H17IN2OS. The fraction of sp³-hybridized carbons (Fsp3) is 0.636. The average molecular weight is 352 g/mol. The molecule has 0 radical (unpaired) electrons. The lowest BCUT2D eigenvalue weighted by atomic mass is 10.3. The van der Waals surface area contributed by atoms with Gasteiger partial charge in [-0.3, -0.25) is 4.79 Å². The van der Waals surface area contributed by atoms with Crippen molar-refractivity contribution >= 4 is 34.4 Å². The second kappa shape index (κ2) is 6.64. The van der Waals surface area contributed by atoms with E-state index in [1.54, 1.807) is 0 Å². The van der Waals surface area contributed by atoms with Gasteiger partial charge in [-0.05, 0) is 40.7 Å². The number of nitrogens with one attached hydrogen (secondary N) is 1. The summed E-state index contributed by atoms with van der Waals surface area (Å²) < 4.78 is 0.720. The highest BCUT2D eigenvalue weighted by molar-refractivity contribution is 14.1. The Labute approximate surface area is 114 Å². The van der Waals surface area contributed by atoms with Crippen molar-refractivity contribution in [3.8, 4) is 0 Å². The molecule has 0 bridgehead atoms. The first-order valence-electron chi connectivity index (χ1n) is 5.39. The van der Waals surface area contributed by atoms with Crippen LogP contribution < -0.4 is 5.56 Å². The topological polar surface area (TPSA) is 45.8 Å². The smallest absolute Gasteiger partial charge is 0.264 e. The molecule has 0 fully saturated rings. The van der Waals surface area contributed by atoms with Gasteiger partial charge in [0.1, 0.15) is 5.82 Å². The van der Waals surface area contributed by atoms with Crippen molar-refractivity contribution in [2.24, 2.45) is 5.92 Å². The minimum atomic E-state index is -0.00685. The van der Waals surface area contributed by atoms with E-state index in [9.17, 15) is 4.79 Å². The van der Waals surface area contributed by atoms with Crippen molar-refractivity contribution in [2.45, 2.75) is 32.9 Å². The Morgan fingerprint density at radius 2 is 2.19 bits per heavy atom. The fourth-order valence-electron chi connectivity index (χ4n) is 1.25. The molecule has 0 saturated heterocycles. The summed E-state index contributed by atoms with van der Waals surface area (Å²) in [6.07, 6.45) is 0.810. The Morgan fingerprint density at radius 1 is 1.50 bits per heavy atom. The summed E-state index contributed by atoms with van der Waals surface area (Å²) in [5.74, 6) is 3.35. The number of aromatic amines is 1. The number of thioether (sulfide) groups is 1. The molecule has 16 heavy (non-hydrogen) atoms. The van der Waals surface area contributed by atoms with Crippen LogP contribution in [0.5, 0.6) is 0 Å². The molecule has 0 spiro atoms. The molecule has 0 unspecified atom stereocenters. The minimum absolute atomic E-state index is 0.00685. The van der Waals surface area contributed by atoms with Crippen molar-refractivity contribution in [1.29, 1.82) is 0 Å². The summed E-state index contributed by atoms with van der Waals surface area (Å²) in [6, 6.07) is 0. The van der Waals surface area contributed by atoms with E-state index in [-0.39, 0.29) is 5.56 Å². The molecule has 0 saturated carbocycles. The molecule has 1 aromatic rings. The highest BCUT2D eigenvalue weighted by atomic mass is 127. The number of aryl methyl sites for hydroxylation is 1. The zero-order valence-electron chi connectivity index (χ0n) is 9.84. The molecule has 0 aliphatic carbocycles. The number of halogens is 1.